The molecule has 0 aliphatic rings. The highest BCUT2D eigenvalue weighted by Gasteiger charge is 2.16. The third-order valence-electron chi connectivity index (χ3n) is 3.55. The highest BCUT2D eigenvalue weighted by Crippen LogP contribution is 2.26. The zero-order chi connectivity index (χ0) is 13.3. The number of nitrogens with two attached hydrogens (primary N) is 1. The second-order valence-corrected chi connectivity index (χ2v) is 4.93. The lowest BCUT2D eigenvalue weighted by molar-refractivity contribution is 0.453. The molecule has 0 saturated carbocycles. The summed E-state index contributed by atoms with van der Waals surface area (Å²) in [6.07, 6.45) is 0.901. The van der Waals surface area contributed by atoms with E-state index in [0.717, 1.165) is 23.5 Å². The topological polar surface area (TPSA) is 39.2 Å². The normalized spacial score (nSPS) is 12.7. The van der Waals surface area contributed by atoms with E-state index in [-0.39, 0.29) is 6.04 Å². The van der Waals surface area contributed by atoms with E-state index in [4.69, 9.17) is 10.2 Å². The van der Waals surface area contributed by atoms with Gasteiger partial charge in [0.05, 0.1) is 6.04 Å². The zero-order valence-corrected chi connectivity index (χ0v) is 11.6. The summed E-state index contributed by atoms with van der Waals surface area (Å²) in [5, 5.41) is 0. The lowest BCUT2D eigenvalue weighted by Gasteiger charge is -2.15. The molecule has 1 atom stereocenters. The molecule has 2 rings (SSSR count). The number of hydrogen-bond donors (Lipinski definition) is 1. The monoisotopic (exact) mass is 243 g/mol. The van der Waals surface area contributed by atoms with Gasteiger partial charge in [-0.2, -0.15) is 0 Å². The van der Waals surface area contributed by atoms with Crippen molar-refractivity contribution in [3.05, 3.63) is 58.0 Å². The lowest BCUT2D eigenvalue weighted by atomic mass is 9.95. The first kappa shape index (κ1) is 12.9. The number of benzene rings is 1. The standard InChI is InChI=1S/C16H21NO/c1-5-13-6-7-15(18-13)16(17)14-9-11(3)10(2)8-12(14)4/h6-9,16H,5,17H2,1-4H3. The number of aryl methyl sites for hydroxylation is 4. The first-order valence-corrected chi connectivity index (χ1v) is 6.44. The molecule has 0 amide bonds. The predicted molar refractivity (Wildman–Crippen MR) is 74.8 cm³/mol. The summed E-state index contributed by atoms with van der Waals surface area (Å²) < 4.78 is 5.75. The van der Waals surface area contributed by atoms with Crippen LogP contribution in [0.3, 0.4) is 0 Å². The maximum Gasteiger partial charge on any atom is 0.125 e. The fourth-order valence-electron chi connectivity index (χ4n) is 2.22. The van der Waals surface area contributed by atoms with Crippen LogP contribution in [0.2, 0.25) is 0 Å². The molecular weight excluding hydrogens is 222 g/mol. The van der Waals surface area contributed by atoms with Gasteiger partial charge in [0.1, 0.15) is 11.5 Å². The highest BCUT2D eigenvalue weighted by molar-refractivity contribution is 5.40. The fourth-order valence-corrected chi connectivity index (χ4v) is 2.22. The van der Waals surface area contributed by atoms with Crippen LogP contribution in [0.25, 0.3) is 0 Å². The van der Waals surface area contributed by atoms with E-state index in [9.17, 15) is 0 Å². The highest BCUT2D eigenvalue weighted by atomic mass is 16.3. The van der Waals surface area contributed by atoms with Gasteiger partial charge in [0.2, 0.25) is 0 Å². The number of furan rings is 1. The molecule has 0 bridgehead atoms. The maximum atomic E-state index is 6.31. The molecule has 1 heterocycles. The number of rotatable bonds is 3. The summed E-state index contributed by atoms with van der Waals surface area (Å²) >= 11 is 0. The molecule has 96 valence electrons. The van der Waals surface area contributed by atoms with Gasteiger partial charge in [-0.25, -0.2) is 0 Å². The Bertz CT molecular complexity index is 554. The van der Waals surface area contributed by atoms with Gasteiger partial charge >= 0.3 is 0 Å². The largest absolute Gasteiger partial charge is 0.464 e. The molecular formula is C16H21NO. The second-order valence-electron chi connectivity index (χ2n) is 4.93. The molecule has 0 radical (unpaired) electrons. The quantitative estimate of drug-likeness (QED) is 0.890. The van der Waals surface area contributed by atoms with Crippen molar-refractivity contribution in [1.29, 1.82) is 0 Å². The summed E-state index contributed by atoms with van der Waals surface area (Å²) in [5.74, 6) is 1.83. The Kier molecular flexibility index (Phi) is 3.58. The predicted octanol–water partition coefficient (Wildman–Crippen LogP) is 3.82. The Morgan fingerprint density at radius 1 is 1.06 bits per heavy atom. The molecule has 18 heavy (non-hydrogen) atoms. The van der Waals surface area contributed by atoms with Gasteiger partial charge in [0, 0.05) is 6.42 Å². The summed E-state index contributed by atoms with van der Waals surface area (Å²) in [7, 11) is 0. The van der Waals surface area contributed by atoms with Gasteiger partial charge in [-0.1, -0.05) is 19.1 Å². The molecule has 1 aromatic heterocycles. The Hall–Kier alpha value is -1.54. The summed E-state index contributed by atoms with van der Waals surface area (Å²) in [6, 6.07) is 8.17. The van der Waals surface area contributed by atoms with E-state index in [1.165, 1.54) is 16.7 Å². The Balaban J connectivity index is 2.39. The van der Waals surface area contributed by atoms with E-state index in [1.54, 1.807) is 0 Å². The second kappa shape index (κ2) is 4.99. The zero-order valence-electron chi connectivity index (χ0n) is 11.6. The Labute approximate surface area is 109 Å². The van der Waals surface area contributed by atoms with Crippen molar-refractivity contribution in [1.82, 2.24) is 0 Å². The molecule has 0 spiro atoms. The van der Waals surface area contributed by atoms with Crippen LogP contribution in [0.15, 0.2) is 28.7 Å². The van der Waals surface area contributed by atoms with E-state index in [2.05, 4.69) is 39.8 Å². The molecule has 0 aliphatic heterocycles. The SMILES string of the molecule is CCc1ccc(C(N)c2cc(C)c(C)cc2C)o1. The molecule has 0 aliphatic carbocycles. The van der Waals surface area contributed by atoms with Crippen LogP contribution in [0, 0.1) is 20.8 Å². The van der Waals surface area contributed by atoms with Gasteiger partial charge in [0.15, 0.2) is 0 Å². The van der Waals surface area contributed by atoms with Crippen molar-refractivity contribution in [3.63, 3.8) is 0 Å². The van der Waals surface area contributed by atoms with E-state index in [0.29, 0.717) is 0 Å². The minimum Gasteiger partial charge on any atom is -0.464 e. The van der Waals surface area contributed by atoms with Crippen LogP contribution in [0.4, 0.5) is 0 Å². The molecule has 2 nitrogen and oxygen atoms in total. The Morgan fingerprint density at radius 2 is 1.72 bits per heavy atom. The Morgan fingerprint density at radius 3 is 2.33 bits per heavy atom. The molecule has 1 unspecified atom stereocenters. The van der Waals surface area contributed by atoms with Crippen molar-refractivity contribution in [3.8, 4) is 0 Å². The van der Waals surface area contributed by atoms with Gasteiger partial charge in [-0.05, 0) is 55.2 Å². The van der Waals surface area contributed by atoms with Crippen LogP contribution in [-0.4, -0.2) is 0 Å². The van der Waals surface area contributed by atoms with Gasteiger partial charge in [0.25, 0.3) is 0 Å². The van der Waals surface area contributed by atoms with Gasteiger partial charge < -0.3 is 10.2 Å². The van der Waals surface area contributed by atoms with E-state index in [1.807, 2.05) is 12.1 Å². The minimum absolute atomic E-state index is 0.176. The van der Waals surface area contributed by atoms with Crippen molar-refractivity contribution in [2.75, 3.05) is 0 Å². The molecule has 2 N–H and O–H groups in total. The molecule has 2 heteroatoms. The van der Waals surface area contributed by atoms with Crippen LogP contribution >= 0.6 is 0 Å². The third-order valence-corrected chi connectivity index (χ3v) is 3.55. The maximum absolute atomic E-state index is 6.31. The average Bonchev–Trinajstić information content (AvgIpc) is 2.81. The molecule has 1 aromatic carbocycles. The van der Waals surface area contributed by atoms with Crippen LogP contribution in [0.5, 0.6) is 0 Å². The molecule has 0 fully saturated rings. The lowest BCUT2D eigenvalue weighted by Crippen LogP contribution is -2.13. The minimum atomic E-state index is -0.176. The summed E-state index contributed by atoms with van der Waals surface area (Å²) in [6.45, 7) is 8.42. The van der Waals surface area contributed by atoms with E-state index < -0.39 is 0 Å². The smallest absolute Gasteiger partial charge is 0.125 e. The fraction of sp³-hybridized carbons (Fsp3) is 0.375. The van der Waals surface area contributed by atoms with E-state index >= 15 is 0 Å². The first-order chi connectivity index (χ1) is 8.52. The number of hydrogen-bond acceptors (Lipinski definition) is 2. The van der Waals surface area contributed by atoms with Crippen molar-refractivity contribution >= 4 is 0 Å². The summed E-state index contributed by atoms with van der Waals surface area (Å²) in [4.78, 5) is 0. The van der Waals surface area contributed by atoms with Gasteiger partial charge in [-0.15, -0.1) is 0 Å². The van der Waals surface area contributed by atoms with Crippen molar-refractivity contribution in [2.24, 2.45) is 5.73 Å². The molecule has 2 aromatic rings. The van der Waals surface area contributed by atoms with Crippen LogP contribution in [0.1, 0.15) is 46.7 Å². The first-order valence-electron chi connectivity index (χ1n) is 6.44. The van der Waals surface area contributed by atoms with Gasteiger partial charge in [-0.3, -0.25) is 0 Å². The average molecular weight is 243 g/mol. The van der Waals surface area contributed by atoms with Crippen molar-refractivity contribution in [2.45, 2.75) is 40.2 Å². The van der Waals surface area contributed by atoms with Crippen LogP contribution < -0.4 is 5.73 Å². The van der Waals surface area contributed by atoms with Crippen LogP contribution in [-0.2, 0) is 6.42 Å². The summed E-state index contributed by atoms with van der Waals surface area (Å²) in [5.41, 5.74) is 11.3. The van der Waals surface area contributed by atoms with Crippen molar-refractivity contribution < 1.29 is 4.42 Å². The molecule has 0 saturated heterocycles. The third kappa shape index (κ3) is 2.34.